The van der Waals surface area contributed by atoms with Crippen molar-refractivity contribution in [3.05, 3.63) is 89.5 Å². The van der Waals surface area contributed by atoms with Gasteiger partial charge >= 0.3 is 0 Å². The van der Waals surface area contributed by atoms with E-state index in [4.69, 9.17) is 0 Å². The van der Waals surface area contributed by atoms with E-state index in [0.29, 0.717) is 31.6 Å². The number of hydrogen-bond acceptors (Lipinski definition) is 5. The molecule has 8 nitrogen and oxygen atoms in total. The molecule has 222 valence electrons. The van der Waals surface area contributed by atoms with E-state index in [2.05, 4.69) is 51.8 Å². The Hall–Kier alpha value is -3.49. The summed E-state index contributed by atoms with van der Waals surface area (Å²) >= 11 is 0. The van der Waals surface area contributed by atoms with Crippen LogP contribution in [-0.4, -0.2) is 58.5 Å². The fourth-order valence-corrected chi connectivity index (χ4v) is 4.93. The first-order valence-corrected chi connectivity index (χ1v) is 15.1. The fourth-order valence-electron chi connectivity index (χ4n) is 4.93. The van der Waals surface area contributed by atoms with Crippen LogP contribution < -0.4 is 16.0 Å². The van der Waals surface area contributed by atoms with E-state index in [9.17, 15) is 9.59 Å². The lowest BCUT2D eigenvalue weighted by Gasteiger charge is -2.23. The number of aromatic nitrogens is 2. The van der Waals surface area contributed by atoms with Crippen molar-refractivity contribution in [2.45, 2.75) is 71.5 Å². The lowest BCUT2D eigenvalue weighted by Crippen LogP contribution is -2.47. The van der Waals surface area contributed by atoms with Crippen molar-refractivity contribution in [1.82, 2.24) is 30.4 Å². The van der Waals surface area contributed by atoms with Gasteiger partial charge in [-0.05, 0) is 81.4 Å². The molecule has 2 aromatic carbocycles. The van der Waals surface area contributed by atoms with E-state index >= 15 is 0 Å². The Bertz CT molecular complexity index is 1160. The molecule has 1 heterocycles. The van der Waals surface area contributed by atoms with Gasteiger partial charge in [-0.3, -0.25) is 9.59 Å². The third-order valence-electron chi connectivity index (χ3n) is 7.20. The highest BCUT2D eigenvalue weighted by atomic mass is 16.2. The lowest BCUT2D eigenvalue weighted by molar-refractivity contribution is -0.123. The Morgan fingerprint density at radius 3 is 2.29 bits per heavy atom. The average molecular weight is 561 g/mol. The molecule has 3 N–H and O–H groups in total. The van der Waals surface area contributed by atoms with Crippen LogP contribution in [0.3, 0.4) is 0 Å². The van der Waals surface area contributed by atoms with Crippen molar-refractivity contribution in [2.24, 2.45) is 7.05 Å². The predicted octanol–water partition coefficient (Wildman–Crippen LogP) is 4.46. The maximum absolute atomic E-state index is 13.2. The number of carbonyl (C=O) groups is 2. The Balaban J connectivity index is 1.53. The maximum atomic E-state index is 13.2. The molecule has 0 aliphatic rings. The summed E-state index contributed by atoms with van der Waals surface area (Å²) in [6.45, 7) is 9.34. The summed E-state index contributed by atoms with van der Waals surface area (Å²) in [5, 5.41) is 9.47. The summed E-state index contributed by atoms with van der Waals surface area (Å²) in [6.07, 6.45) is 9.15. The molecule has 0 radical (unpaired) electrons. The molecule has 0 fully saturated rings. The number of nitrogens with zero attached hydrogens (tertiary/aromatic N) is 3. The van der Waals surface area contributed by atoms with E-state index in [-0.39, 0.29) is 11.8 Å². The number of nitrogens with one attached hydrogen (secondary N) is 3. The van der Waals surface area contributed by atoms with Gasteiger partial charge in [-0.25, -0.2) is 4.98 Å². The molecule has 3 rings (SSSR count). The van der Waals surface area contributed by atoms with Crippen LogP contribution in [0.25, 0.3) is 0 Å². The van der Waals surface area contributed by atoms with Crippen LogP contribution in [0.15, 0.2) is 67.0 Å². The molecule has 0 saturated carbocycles. The first-order valence-electron chi connectivity index (χ1n) is 15.1. The second-order valence-electron chi connectivity index (χ2n) is 10.6. The van der Waals surface area contributed by atoms with Crippen molar-refractivity contribution in [2.75, 3.05) is 26.2 Å². The van der Waals surface area contributed by atoms with E-state index in [1.807, 2.05) is 60.3 Å². The molecule has 0 aliphatic carbocycles. The van der Waals surface area contributed by atoms with Gasteiger partial charge in [0.25, 0.3) is 5.91 Å². The smallest absolute Gasteiger partial charge is 0.251 e. The van der Waals surface area contributed by atoms with E-state index in [1.54, 1.807) is 6.20 Å². The summed E-state index contributed by atoms with van der Waals surface area (Å²) < 4.78 is 1.99. The Morgan fingerprint density at radius 1 is 0.902 bits per heavy atom. The zero-order valence-corrected chi connectivity index (χ0v) is 25.1. The molecule has 1 aromatic heterocycles. The molecule has 0 aliphatic heterocycles. The topological polar surface area (TPSA) is 91.3 Å². The molecule has 1 atom stereocenters. The fraction of sp³-hybridized carbons (Fsp3) is 0.485. The van der Waals surface area contributed by atoms with E-state index in [0.717, 1.165) is 63.1 Å². The SMILES string of the molecule is CCCN(CCC)CCC[C@H](NC(=O)c1ccc(CNCc2nccn2C)cc1)C(=O)NCCCc1ccccc1. The van der Waals surface area contributed by atoms with Gasteiger partial charge in [0.15, 0.2) is 0 Å². The van der Waals surface area contributed by atoms with Gasteiger partial charge in [0, 0.05) is 38.1 Å². The van der Waals surface area contributed by atoms with Crippen LogP contribution in [0.1, 0.15) is 73.3 Å². The minimum Gasteiger partial charge on any atom is -0.354 e. The highest BCUT2D eigenvalue weighted by molar-refractivity contribution is 5.97. The summed E-state index contributed by atoms with van der Waals surface area (Å²) in [5.41, 5.74) is 2.89. The van der Waals surface area contributed by atoms with E-state index in [1.165, 1.54) is 5.56 Å². The summed E-state index contributed by atoms with van der Waals surface area (Å²) in [6, 6.07) is 17.3. The normalized spacial score (nSPS) is 11.9. The first-order chi connectivity index (χ1) is 20.0. The monoisotopic (exact) mass is 560 g/mol. The second kappa shape index (κ2) is 18.0. The molecule has 0 bridgehead atoms. The average Bonchev–Trinajstić information content (AvgIpc) is 3.40. The Kier molecular flexibility index (Phi) is 14.1. The predicted molar refractivity (Wildman–Crippen MR) is 165 cm³/mol. The largest absolute Gasteiger partial charge is 0.354 e. The number of carbonyl (C=O) groups excluding carboxylic acids is 2. The lowest BCUT2D eigenvalue weighted by atomic mass is 10.1. The van der Waals surface area contributed by atoms with Crippen molar-refractivity contribution in [1.29, 1.82) is 0 Å². The standard InChI is InChI=1S/C33H48N6O2/c1-4-21-39(22-5-2)23-10-14-30(33(41)36-19-9-13-27-11-7-6-8-12-27)37-32(40)29-17-15-28(16-18-29)25-34-26-31-35-20-24-38(31)3/h6-8,11-12,15-18,20,24,30,34H,4-5,9-10,13-14,19,21-23,25-26H2,1-3H3,(H,36,41)(H,37,40)/t30-/m0/s1. The minimum atomic E-state index is -0.566. The van der Waals surface area contributed by atoms with Gasteiger partial charge in [-0.1, -0.05) is 56.3 Å². The van der Waals surface area contributed by atoms with Crippen molar-refractivity contribution >= 4 is 11.8 Å². The first kappa shape index (κ1) is 32.0. The molecule has 2 amide bonds. The van der Waals surface area contributed by atoms with Crippen LogP contribution >= 0.6 is 0 Å². The minimum absolute atomic E-state index is 0.112. The van der Waals surface area contributed by atoms with Gasteiger partial charge in [0.1, 0.15) is 11.9 Å². The second-order valence-corrected chi connectivity index (χ2v) is 10.6. The summed E-state index contributed by atoms with van der Waals surface area (Å²) in [5.74, 6) is 0.637. The third kappa shape index (κ3) is 11.5. The van der Waals surface area contributed by atoms with Crippen LogP contribution in [0, 0.1) is 0 Å². The van der Waals surface area contributed by atoms with Crippen LogP contribution in [0.4, 0.5) is 0 Å². The van der Waals surface area contributed by atoms with Crippen LogP contribution in [0.5, 0.6) is 0 Å². The molecule has 0 unspecified atom stereocenters. The molecule has 0 saturated heterocycles. The Morgan fingerprint density at radius 2 is 1.63 bits per heavy atom. The summed E-state index contributed by atoms with van der Waals surface area (Å²) in [4.78, 5) is 33.1. The molecule has 41 heavy (non-hydrogen) atoms. The number of rotatable bonds is 19. The Labute approximate surface area is 245 Å². The van der Waals surface area contributed by atoms with Gasteiger partial charge in [0.2, 0.25) is 5.91 Å². The number of benzene rings is 2. The number of hydrogen-bond donors (Lipinski definition) is 3. The molecule has 0 spiro atoms. The molecular formula is C33H48N6O2. The van der Waals surface area contributed by atoms with Gasteiger partial charge in [-0.2, -0.15) is 0 Å². The van der Waals surface area contributed by atoms with Crippen molar-refractivity contribution < 1.29 is 9.59 Å². The highest BCUT2D eigenvalue weighted by Crippen LogP contribution is 2.09. The third-order valence-corrected chi connectivity index (χ3v) is 7.20. The summed E-state index contributed by atoms with van der Waals surface area (Å²) in [7, 11) is 1.97. The highest BCUT2D eigenvalue weighted by Gasteiger charge is 2.21. The number of aryl methyl sites for hydroxylation is 2. The van der Waals surface area contributed by atoms with Gasteiger partial charge in [-0.15, -0.1) is 0 Å². The molecule has 3 aromatic rings. The zero-order chi connectivity index (χ0) is 29.3. The number of imidazole rings is 1. The zero-order valence-electron chi connectivity index (χ0n) is 25.1. The van der Waals surface area contributed by atoms with Crippen molar-refractivity contribution in [3.63, 3.8) is 0 Å². The molecular weight excluding hydrogens is 512 g/mol. The van der Waals surface area contributed by atoms with E-state index < -0.39 is 6.04 Å². The van der Waals surface area contributed by atoms with Gasteiger partial charge in [0.05, 0.1) is 6.54 Å². The maximum Gasteiger partial charge on any atom is 0.251 e. The van der Waals surface area contributed by atoms with Crippen LogP contribution in [-0.2, 0) is 31.4 Å². The van der Waals surface area contributed by atoms with Crippen LogP contribution in [0.2, 0.25) is 0 Å². The quantitative estimate of drug-likeness (QED) is 0.188. The van der Waals surface area contributed by atoms with Gasteiger partial charge < -0.3 is 25.4 Å². The number of amides is 2. The van der Waals surface area contributed by atoms with Crippen molar-refractivity contribution in [3.8, 4) is 0 Å². The molecule has 8 heteroatoms.